The van der Waals surface area contributed by atoms with E-state index in [9.17, 15) is 0 Å². The molecule has 0 aliphatic heterocycles. The molecule has 2 rings (SSSR count). The molecule has 0 saturated heterocycles. The fraction of sp³-hybridized carbons (Fsp3) is 0.333. The summed E-state index contributed by atoms with van der Waals surface area (Å²) >= 11 is 3.54. The van der Waals surface area contributed by atoms with Crippen molar-refractivity contribution in [3.05, 3.63) is 57.6 Å². The van der Waals surface area contributed by atoms with E-state index >= 15 is 0 Å². The molecule has 0 radical (unpaired) electrons. The molecule has 0 aromatic heterocycles. The number of hydrogen-bond acceptors (Lipinski definition) is 2. The lowest BCUT2D eigenvalue weighted by Crippen LogP contribution is -2.22. The monoisotopic (exact) mass is 347 g/mol. The Kier molecular flexibility index (Phi) is 5.43. The summed E-state index contributed by atoms with van der Waals surface area (Å²) in [4.78, 5) is 0. The normalized spacial score (nSPS) is 11.0. The first-order chi connectivity index (χ1) is 9.95. The largest absolute Gasteiger partial charge is 0.456 e. The predicted octanol–water partition coefficient (Wildman–Crippen LogP) is 5.36. The maximum absolute atomic E-state index is 5.96. The molecule has 21 heavy (non-hydrogen) atoms. The first-order valence-corrected chi connectivity index (χ1v) is 8.02. The number of rotatable bonds is 5. The van der Waals surface area contributed by atoms with E-state index in [1.807, 2.05) is 18.2 Å². The van der Waals surface area contributed by atoms with Gasteiger partial charge in [0.2, 0.25) is 0 Å². The first-order valence-electron chi connectivity index (χ1n) is 7.22. The third-order valence-corrected chi connectivity index (χ3v) is 3.95. The summed E-state index contributed by atoms with van der Waals surface area (Å²) in [5, 5.41) is 3.44. The standard InChI is InChI=1S/C18H22BrNO/c1-12(2)20-11-15-6-7-16(10-14(15)4)21-18-8-5-13(3)9-17(18)19/h5-10,12,20H,11H2,1-4H3. The van der Waals surface area contributed by atoms with Gasteiger partial charge in [0.1, 0.15) is 11.5 Å². The summed E-state index contributed by atoms with van der Waals surface area (Å²) < 4.78 is 6.94. The van der Waals surface area contributed by atoms with Crippen LogP contribution in [0, 0.1) is 13.8 Å². The van der Waals surface area contributed by atoms with Gasteiger partial charge in [0, 0.05) is 12.6 Å². The van der Waals surface area contributed by atoms with Crippen LogP contribution in [0.25, 0.3) is 0 Å². The Hall–Kier alpha value is -1.32. The highest BCUT2D eigenvalue weighted by atomic mass is 79.9. The van der Waals surface area contributed by atoms with Gasteiger partial charge in [0.15, 0.2) is 0 Å². The van der Waals surface area contributed by atoms with Crippen molar-refractivity contribution >= 4 is 15.9 Å². The Balaban J connectivity index is 2.12. The van der Waals surface area contributed by atoms with Crippen LogP contribution >= 0.6 is 15.9 Å². The van der Waals surface area contributed by atoms with Crippen molar-refractivity contribution in [2.45, 2.75) is 40.3 Å². The predicted molar refractivity (Wildman–Crippen MR) is 92.1 cm³/mol. The Labute approximate surface area is 135 Å². The molecule has 0 amide bonds. The van der Waals surface area contributed by atoms with Gasteiger partial charge < -0.3 is 10.1 Å². The zero-order valence-corrected chi connectivity index (χ0v) is 14.6. The third-order valence-electron chi connectivity index (χ3n) is 3.33. The molecule has 0 bridgehead atoms. The van der Waals surface area contributed by atoms with Gasteiger partial charge in [-0.1, -0.05) is 26.0 Å². The van der Waals surface area contributed by atoms with Crippen LogP contribution in [0.2, 0.25) is 0 Å². The van der Waals surface area contributed by atoms with E-state index in [0.29, 0.717) is 6.04 Å². The van der Waals surface area contributed by atoms with Crippen LogP contribution in [0.1, 0.15) is 30.5 Å². The van der Waals surface area contributed by atoms with Crippen molar-refractivity contribution in [3.8, 4) is 11.5 Å². The lowest BCUT2D eigenvalue weighted by Gasteiger charge is -2.13. The fourth-order valence-electron chi connectivity index (χ4n) is 2.06. The highest BCUT2D eigenvalue weighted by molar-refractivity contribution is 9.10. The van der Waals surface area contributed by atoms with Crippen molar-refractivity contribution in [1.82, 2.24) is 5.32 Å². The van der Waals surface area contributed by atoms with Crippen LogP contribution in [0.5, 0.6) is 11.5 Å². The summed E-state index contributed by atoms with van der Waals surface area (Å²) in [6.45, 7) is 9.38. The lowest BCUT2D eigenvalue weighted by atomic mass is 10.1. The summed E-state index contributed by atoms with van der Waals surface area (Å²) in [6.07, 6.45) is 0. The third kappa shape index (κ3) is 4.58. The summed E-state index contributed by atoms with van der Waals surface area (Å²) in [7, 11) is 0. The fourth-order valence-corrected chi connectivity index (χ4v) is 2.63. The van der Waals surface area contributed by atoms with Crippen LogP contribution in [0.3, 0.4) is 0 Å². The van der Waals surface area contributed by atoms with E-state index < -0.39 is 0 Å². The van der Waals surface area contributed by atoms with Crippen LogP contribution in [0.15, 0.2) is 40.9 Å². The van der Waals surface area contributed by atoms with Crippen molar-refractivity contribution in [2.75, 3.05) is 0 Å². The van der Waals surface area contributed by atoms with E-state index in [0.717, 1.165) is 22.5 Å². The molecule has 2 aromatic carbocycles. The quantitative estimate of drug-likeness (QED) is 0.786. The molecule has 0 heterocycles. The highest BCUT2D eigenvalue weighted by Crippen LogP contribution is 2.31. The van der Waals surface area contributed by atoms with Gasteiger partial charge >= 0.3 is 0 Å². The Morgan fingerprint density at radius 1 is 1.10 bits per heavy atom. The number of ether oxygens (including phenoxy) is 1. The van der Waals surface area contributed by atoms with Crippen molar-refractivity contribution < 1.29 is 4.74 Å². The van der Waals surface area contributed by atoms with Gasteiger partial charge in [0.05, 0.1) is 4.47 Å². The molecule has 0 spiro atoms. The summed E-state index contributed by atoms with van der Waals surface area (Å²) in [5.74, 6) is 1.71. The van der Waals surface area contributed by atoms with E-state index in [1.54, 1.807) is 0 Å². The maximum Gasteiger partial charge on any atom is 0.141 e. The van der Waals surface area contributed by atoms with Crippen molar-refractivity contribution in [2.24, 2.45) is 0 Å². The second kappa shape index (κ2) is 7.10. The Bertz CT molecular complexity index is 623. The molecule has 2 nitrogen and oxygen atoms in total. The van der Waals surface area contributed by atoms with Crippen molar-refractivity contribution in [3.63, 3.8) is 0 Å². The number of benzene rings is 2. The second-order valence-corrected chi connectivity index (χ2v) is 6.51. The molecular weight excluding hydrogens is 326 g/mol. The molecule has 112 valence electrons. The molecule has 3 heteroatoms. The van der Waals surface area contributed by atoms with Gasteiger partial charge in [-0.05, 0) is 70.7 Å². The zero-order valence-electron chi connectivity index (χ0n) is 13.0. The zero-order chi connectivity index (χ0) is 15.4. The minimum absolute atomic E-state index is 0.490. The average molecular weight is 348 g/mol. The van der Waals surface area contributed by atoms with E-state index in [4.69, 9.17) is 4.74 Å². The number of nitrogens with one attached hydrogen (secondary N) is 1. The van der Waals surface area contributed by atoms with Crippen LogP contribution in [-0.4, -0.2) is 6.04 Å². The van der Waals surface area contributed by atoms with E-state index in [1.165, 1.54) is 16.7 Å². The second-order valence-electron chi connectivity index (χ2n) is 5.66. The Morgan fingerprint density at radius 2 is 1.86 bits per heavy atom. The average Bonchev–Trinajstić information content (AvgIpc) is 2.41. The van der Waals surface area contributed by atoms with Gasteiger partial charge in [-0.15, -0.1) is 0 Å². The van der Waals surface area contributed by atoms with E-state index in [-0.39, 0.29) is 0 Å². The first kappa shape index (κ1) is 16.1. The Morgan fingerprint density at radius 3 is 2.48 bits per heavy atom. The molecule has 1 N–H and O–H groups in total. The lowest BCUT2D eigenvalue weighted by molar-refractivity contribution is 0.478. The SMILES string of the molecule is Cc1ccc(Oc2ccc(CNC(C)C)c(C)c2)c(Br)c1. The van der Waals surface area contributed by atoms with E-state index in [2.05, 4.69) is 67.1 Å². The number of halogens is 1. The number of hydrogen-bond donors (Lipinski definition) is 1. The van der Waals surface area contributed by atoms with Crippen LogP contribution in [-0.2, 0) is 6.54 Å². The topological polar surface area (TPSA) is 21.3 Å². The summed E-state index contributed by atoms with van der Waals surface area (Å²) in [6, 6.07) is 12.8. The smallest absolute Gasteiger partial charge is 0.141 e. The summed E-state index contributed by atoms with van der Waals surface area (Å²) in [5.41, 5.74) is 3.75. The molecule has 0 atom stereocenters. The van der Waals surface area contributed by atoms with Crippen LogP contribution < -0.4 is 10.1 Å². The maximum atomic E-state index is 5.96. The minimum Gasteiger partial charge on any atom is -0.456 e. The molecule has 2 aromatic rings. The van der Waals surface area contributed by atoms with Gasteiger partial charge in [-0.25, -0.2) is 0 Å². The van der Waals surface area contributed by atoms with Gasteiger partial charge in [0.25, 0.3) is 0 Å². The number of aryl methyl sites for hydroxylation is 2. The van der Waals surface area contributed by atoms with Crippen molar-refractivity contribution in [1.29, 1.82) is 0 Å². The molecule has 0 aliphatic carbocycles. The molecule has 0 aliphatic rings. The molecule has 0 unspecified atom stereocenters. The highest BCUT2D eigenvalue weighted by Gasteiger charge is 2.06. The molecule has 0 fully saturated rings. The van der Waals surface area contributed by atoms with Crippen LogP contribution in [0.4, 0.5) is 0 Å². The molecule has 0 saturated carbocycles. The minimum atomic E-state index is 0.490. The van der Waals surface area contributed by atoms with Gasteiger partial charge in [-0.2, -0.15) is 0 Å². The van der Waals surface area contributed by atoms with Gasteiger partial charge in [-0.3, -0.25) is 0 Å². The molecular formula is C18H22BrNO.